The number of halogens is 1. The van der Waals surface area contributed by atoms with Gasteiger partial charge < -0.3 is 15.0 Å². The molecule has 5 rings (SSSR count). The molecule has 1 N–H and O–H groups in total. The van der Waals surface area contributed by atoms with Crippen LogP contribution in [0.25, 0.3) is 22.2 Å². The molecule has 0 radical (unpaired) electrons. The first-order valence-corrected chi connectivity index (χ1v) is 10.9. The van der Waals surface area contributed by atoms with E-state index in [0.717, 1.165) is 40.9 Å². The summed E-state index contributed by atoms with van der Waals surface area (Å²) in [5.74, 6) is -0.182. The lowest BCUT2D eigenvalue weighted by Crippen LogP contribution is -2.36. The number of ether oxygens (including phenoxy) is 1. The summed E-state index contributed by atoms with van der Waals surface area (Å²) in [6, 6.07) is 25.0. The number of morpholine rings is 1. The number of nitrogens with zero attached hydrogens (tertiary/aromatic N) is 2. The molecule has 4 aromatic rings. The summed E-state index contributed by atoms with van der Waals surface area (Å²) in [4.78, 5) is 20.0. The zero-order chi connectivity index (χ0) is 21.9. The Morgan fingerprint density at radius 1 is 0.938 bits per heavy atom. The van der Waals surface area contributed by atoms with Crippen molar-refractivity contribution < 1.29 is 9.53 Å². The number of nitrogens with one attached hydrogen (secondary N) is 1. The minimum Gasteiger partial charge on any atom is -0.378 e. The van der Waals surface area contributed by atoms with Crippen LogP contribution in [0.3, 0.4) is 0 Å². The molecule has 0 bridgehead atoms. The second kappa shape index (κ2) is 8.99. The van der Waals surface area contributed by atoms with Crippen molar-refractivity contribution in [2.24, 2.45) is 0 Å². The highest BCUT2D eigenvalue weighted by molar-refractivity contribution is 6.30. The summed E-state index contributed by atoms with van der Waals surface area (Å²) in [6.45, 7) is 3.03. The van der Waals surface area contributed by atoms with Crippen LogP contribution in [0.2, 0.25) is 5.02 Å². The number of carbonyl (C=O) groups is 1. The van der Waals surface area contributed by atoms with Crippen LogP contribution >= 0.6 is 11.6 Å². The fourth-order valence-corrected chi connectivity index (χ4v) is 4.04. The van der Waals surface area contributed by atoms with E-state index in [0.29, 0.717) is 29.5 Å². The van der Waals surface area contributed by atoms with Gasteiger partial charge in [0.2, 0.25) is 0 Å². The molecule has 1 fully saturated rings. The Labute approximate surface area is 191 Å². The molecular weight excluding hydrogens is 422 g/mol. The van der Waals surface area contributed by atoms with Crippen molar-refractivity contribution in [3.05, 3.63) is 89.4 Å². The van der Waals surface area contributed by atoms with Crippen LogP contribution in [-0.2, 0) is 4.74 Å². The van der Waals surface area contributed by atoms with E-state index in [1.165, 1.54) is 0 Å². The zero-order valence-corrected chi connectivity index (χ0v) is 18.2. The smallest absolute Gasteiger partial charge is 0.255 e. The van der Waals surface area contributed by atoms with Crippen LogP contribution in [0.4, 0.5) is 11.4 Å². The van der Waals surface area contributed by atoms with Crippen LogP contribution in [0.15, 0.2) is 78.9 Å². The second-order valence-electron chi connectivity index (χ2n) is 7.69. The Balaban J connectivity index is 1.52. The van der Waals surface area contributed by atoms with Gasteiger partial charge in [0.05, 0.1) is 30.1 Å². The van der Waals surface area contributed by atoms with Gasteiger partial charge in [-0.2, -0.15) is 0 Å². The van der Waals surface area contributed by atoms with Crippen LogP contribution in [-0.4, -0.2) is 37.2 Å². The average molecular weight is 444 g/mol. The molecule has 6 heteroatoms. The molecule has 3 aromatic carbocycles. The quantitative estimate of drug-likeness (QED) is 0.443. The molecule has 0 atom stereocenters. The van der Waals surface area contributed by atoms with E-state index < -0.39 is 0 Å². The first-order valence-electron chi connectivity index (χ1n) is 10.6. The zero-order valence-electron chi connectivity index (χ0n) is 17.4. The molecule has 0 unspecified atom stereocenters. The lowest BCUT2D eigenvalue weighted by atomic mass is 10.0. The SMILES string of the molecule is O=C(Nc1cccc(-c2nc3ccccc3cc2N2CCOCC2)c1)c1ccc(Cl)cc1. The van der Waals surface area contributed by atoms with Crippen molar-refractivity contribution in [2.45, 2.75) is 0 Å². The number of carbonyl (C=O) groups excluding carboxylic acids is 1. The molecule has 1 aromatic heterocycles. The molecule has 0 saturated carbocycles. The number of hydrogen-bond donors (Lipinski definition) is 1. The summed E-state index contributed by atoms with van der Waals surface area (Å²) >= 11 is 5.94. The lowest BCUT2D eigenvalue weighted by molar-refractivity contribution is 0.102. The Bertz CT molecular complexity index is 1270. The molecule has 1 aliphatic heterocycles. The van der Waals surface area contributed by atoms with Gasteiger partial charge in [0.1, 0.15) is 0 Å². The summed E-state index contributed by atoms with van der Waals surface area (Å²) in [6.07, 6.45) is 0. The van der Waals surface area contributed by atoms with Crippen molar-refractivity contribution in [3.63, 3.8) is 0 Å². The molecule has 5 nitrogen and oxygen atoms in total. The van der Waals surface area contributed by atoms with E-state index in [1.54, 1.807) is 24.3 Å². The Hall–Kier alpha value is -3.41. The molecular formula is C26H22ClN3O2. The first-order chi connectivity index (χ1) is 15.7. The summed E-state index contributed by atoms with van der Waals surface area (Å²) in [5.41, 5.74) is 5.13. The lowest BCUT2D eigenvalue weighted by Gasteiger charge is -2.30. The Kier molecular flexibility index (Phi) is 5.75. The van der Waals surface area contributed by atoms with Gasteiger partial charge in [0.15, 0.2) is 0 Å². The minimum atomic E-state index is -0.182. The molecule has 1 aliphatic rings. The molecule has 2 heterocycles. The molecule has 1 saturated heterocycles. The van der Waals surface area contributed by atoms with E-state index in [1.807, 2.05) is 42.5 Å². The number of para-hydroxylation sites is 1. The predicted molar refractivity (Wildman–Crippen MR) is 130 cm³/mol. The number of rotatable bonds is 4. The predicted octanol–water partition coefficient (Wildman–Crippen LogP) is 5.64. The van der Waals surface area contributed by atoms with E-state index in [9.17, 15) is 4.79 Å². The Morgan fingerprint density at radius 2 is 1.72 bits per heavy atom. The number of aromatic nitrogens is 1. The van der Waals surface area contributed by atoms with Crippen molar-refractivity contribution >= 4 is 39.8 Å². The number of hydrogen-bond acceptors (Lipinski definition) is 4. The largest absolute Gasteiger partial charge is 0.378 e. The summed E-state index contributed by atoms with van der Waals surface area (Å²) in [5, 5.41) is 4.68. The van der Waals surface area contributed by atoms with E-state index in [-0.39, 0.29) is 5.91 Å². The topological polar surface area (TPSA) is 54.5 Å². The fourth-order valence-electron chi connectivity index (χ4n) is 3.91. The van der Waals surface area contributed by atoms with Gasteiger partial charge in [-0.25, -0.2) is 4.98 Å². The summed E-state index contributed by atoms with van der Waals surface area (Å²) in [7, 11) is 0. The van der Waals surface area contributed by atoms with E-state index >= 15 is 0 Å². The van der Waals surface area contributed by atoms with E-state index in [4.69, 9.17) is 21.3 Å². The molecule has 0 aliphatic carbocycles. The number of anilines is 2. The molecule has 160 valence electrons. The van der Waals surface area contributed by atoms with Crippen LogP contribution < -0.4 is 10.2 Å². The maximum atomic E-state index is 12.7. The van der Waals surface area contributed by atoms with Crippen LogP contribution in [0.1, 0.15) is 10.4 Å². The van der Waals surface area contributed by atoms with Gasteiger partial charge in [-0.15, -0.1) is 0 Å². The van der Waals surface area contributed by atoms with Gasteiger partial charge in [0, 0.05) is 40.3 Å². The third-order valence-electron chi connectivity index (χ3n) is 5.56. The highest BCUT2D eigenvalue weighted by Gasteiger charge is 2.18. The first kappa shape index (κ1) is 20.5. The Morgan fingerprint density at radius 3 is 2.53 bits per heavy atom. The van der Waals surface area contributed by atoms with Crippen LogP contribution in [0, 0.1) is 0 Å². The van der Waals surface area contributed by atoms with Crippen LogP contribution in [0.5, 0.6) is 0 Å². The third-order valence-corrected chi connectivity index (χ3v) is 5.81. The van der Waals surface area contributed by atoms with Crippen molar-refractivity contribution in [1.29, 1.82) is 0 Å². The fraction of sp³-hybridized carbons (Fsp3) is 0.154. The maximum absolute atomic E-state index is 12.7. The molecule has 0 spiro atoms. The normalized spacial score (nSPS) is 13.8. The minimum absolute atomic E-state index is 0.182. The summed E-state index contributed by atoms with van der Waals surface area (Å²) < 4.78 is 5.55. The second-order valence-corrected chi connectivity index (χ2v) is 8.13. The van der Waals surface area contributed by atoms with Gasteiger partial charge in [-0.05, 0) is 48.5 Å². The van der Waals surface area contributed by atoms with Crippen molar-refractivity contribution in [3.8, 4) is 11.3 Å². The van der Waals surface area contributed by atoms with Gasteiger partial charge in [0.25, 0.3) is 5.91 Å². The number of benzene rings is 3. The van der Waals surface area contributed by atoms with Gasteiger partial charge >= 0.3 is 0 Å². The highest BCUT2D eigenvalue weighted by Crippen LogP contribution is 2.34. The van der Waals surface area contributed by atoms with Crippen molar-refractivity contribution in [1.82, 2.24) is 4.98 Å². The van der Waals surface area contributed by atoms with Gasteiger partial charge in [-0.1, -0.05) is 41.9 Å². The highest BCUT2D eigenvalue weighted by atomic mass is 35.5. The third kappa shape index (κ3) is 4.31. The molecule has 1 amide bonds. The number of pyridine rings is 1. The van der Waals surface area contributed by atoms with E-state index in [2.05, 4.69) is 22.3 Å². The van der Waals surface area contributed by atoms with Crippen molar-refractivity contribution in [2.75, 3.05) is 36.5 Å². The van der Waals surface area contributed by atoms with Gasteiger partial charge in [-0.3, -0.25) is 4.79 Å². The number of amides is 1. The maximum Gasteiger partial charge on any atom is 0.255 e. The average Bonchev–Trinajstić information content (AvgIpc) is 2.84. The standard InChI is InChI=1S/C26H22ClN3O2/c27-21-10-8-18(9-11-21)26(31)28-22-6-3-5-20(16-22)25-24(30-12-14-32-15-13-30)17-19-4-1-2-7-23(19)29-25/h1-11,16-17H,12-15H2,(H,28,31). The monoisotopic (exact) mass is 443 g/mol. The number of fused-ring (bicyclic) bond motifs is 1. The molecule has 32 heavy (non-hydrogen) atoms.